The number of rotatable bonds is 2. The molecule has 1 radical (unpaired) electrons. The van der Waals surface area contributed by atoms with E-state index >= 15 is 0 Å². The van der Waals surface area contributed by atoms with Gasteiger partial charge in [0.1, 0.15) is 0 Å². The SMILES string of the molecule is N=C(N)NCc1cc[c]cc1. The third kappa shape index (κ3) is 2.71. The first-order valence-corrected chi connectivity index (χ1v) is 3.32. The lowest BCUT2D eigenvalue weighted by Crippen LogP contribution is -2.29. The molecule has 1 rings (SSSR count). The van der Waals surface area contributed by atoms with Crippen LogP contribution in [0.25, 0.3) is 0 Å². The second kappa shape index (κ2) is 3.61. The molecule has 3 heteroatoms. The Morgan fingerprint density at radius 1 is 1.55 bits per heavy atom. The predicted octanol–water partition coefficient (Wildman–Crippen LogP) is 0.470. The molecule has 0 atom stereocenters. The van der Waals surface area contributed by atoms with Crippen LogP contribution in [0.4, 0.5) is 0 Å². The molecule has 0 unspecified atom stereocenters. The van der Waals surface area contributed by atoms with Crippen molar-refractivity contribution in [3.63, 3.8) is 0 Å². The molecular weight excluding hydrogens is 138 g/mol. The summed E-state index contributed by atoms with van der Waals surface area (Å²) in [5.41, 5.74) is 6.20. The van der Waals surface area contributed by atoms with Gasteiger partial charge in [0.05, 0.1) is 0 Å². The Morgan fingerprint density at radius 3 is 2.73 bits per heavy atom. The van der Waals surface area contributed by atoms with Crippen molar-refractivity contribution in [2.75, 3.05) is 0 Å². The van der Waals surface area contributed by atoms with Crippen LogP contribution in [0, 0.1) is 11.5 Å². The first kappa shape index (κ1) is 7.60. The van der Waals surface area contributed by atoms with Gasteiger partial charge < -0.3 is 11.1 Å². The lowest BCUT2D eigenvalue weighted by Gasteiger charge is -2.01. The minimum atomic E-state index is -0.00201. The van der Waals surface area contributed by atoms with E-state index in [4.69, 9.17) is 11.1 Å². The molecule has 1 aromatic rings. The minimum Gasteiger partial charge on any atom is -0.370 e. The van der Waals surface area contributed by atoms with E-state index in [-0.39, 0.29) is 5.96 Å². The molecule has 57 valence electrons. The normalized spacial score (nSPS) is 9.09. The summed E-state index contributed by atoms with van der Waals surface area (Å²) in [7, 11) is 0. The zero-order chi connectivity index (χ0) is 8.10. The number of hydrogen-bond donors (Lipinski definition) is 3. The zero-order valence-corrected chi connectivity index (χ0v) is 6.09. The van der Waals surface area contributed by atoms with E-state index < -0.39 is 0 Å². The molecule has 3 nitrogen and oxygen atoms in total. The van der Waals surface area contributed by atoms with Gasteiger partial charge in [-0.1, -0.05) is 24.3 Å². The molecule has 0 amide bonds. The third-order valence-electron chi connectivity index (χ3n) is 1.27. The molecule has 0 aliphatic heterocycles. The Hall–Kier alpha value is -1.51. The highest BCUT2D eigenvalue weighted by Gasteiger charge is 1.89. The van der Waals surface area contributed by atoms with Crippen LogP contribution in [0.5, 0.6) is 0 Å². The Balaban J connectivity index is 2.45. The summed E-state index contributed by atoms with van der Waals surface area (Å²) < 4.78 is 0. The number of nitrogens with one attached hydrogen (secondary N) is 2. The van der Waals surface area contributed by atoms with Crippen molar-refractivity contribution in [2.24, 2.45) is 5.73 Å². The fraction of sp³-hybridized carbons (Fsp3) is 0.125. The molecule has 0 saturated carbocycles. The van der Waals surface area contributed by atoms with E-state index in [1.54, 1.807) is 0 Å². The van der Waals surface area contributed by atoms with E-state index in [0.29, 0.717) is 6.54 Å². The molecule has 0 aliphatic carbocycles. The van der Waals surface area contributed by atoms with E-state index in [9.17, 15) is 0 Å². The van der Waals surface area contributed by atoms with Gasteiger partial charge in [0.2, 0.25) is 0 Å². The molecule has 1 aromatic carbocycles. The second-order valence-corrected chi connectivity index (χ2v) is 2.18. The van der Waals surface area contributed by atoms with Crippen LogP contribution in [0.1, 0.15) is 5.56 Å². The number of guanidine groups is 1. The lowest BCUT2D eigenvalue weighted by atomic mass is 10.2. The van der Waals surface area contributed by atoms with Gasteiger partial charge in [-0.2, -0.15) is 0 Å². The maximum Gasteiger partial charge on any atom is 0.185 e. The summed E-state index contributed by atoms with van der Waals surface area (Å²) in [6.07, 6.45) is 0. The second-order valence-electron chi connectivity index (χ2n) is 2.18. The molecule has 0 aliphatic rings. The molecule has 11 heavy (non-hydrogen) atoms. The van der Waals surface area contributed by atoms with Crippen molar-refractivity contribution in [1.29, 1.82) is 5.41 Å². The first-order chi connectivity index (χ1) is 5.29. The molecule has 0 fully saturated rings. The van der Waals surface area contributed by atoms with Gasteiger partial charge in [0.25, 0.3) is 0 Å². The summed E-state index contributed by atoms with van der Waals surface area (Å²) in [5.74, 6) is -0.00201. The van der Waals surface area contributed by atoms with Gasteiger partial charge >= 0.3 is 0 Å². The fourth-order valence-corrected chi connectivity index (χ4v) is 0.737. The number of nitrogens with two attached hydrogens (primary N) is 1. The summed E-state index contributed by atoms with van der Waals surface area (Å²) >= 11 is 0. The van der Waals surface area contributed by atoms with Crippen molar-refractivity contribution in [2.45, 2.75) is 6.54 Å². The molecule has 0 saturated heterocycles. The highest BCUT2D eigenvalue weighted by molar-refractivity contribution is 5.74. The first-order valence-electron chi connectivity index (χ1n) is 3.32. The average molecular weight is 148 g/mol. The van der Waals surface area contributed by atoms with E-state index in [1.165, 1.54) is 0 Å². The van der Waals surface area contributed by atoms with Crippen LogP contribution in [0.15, 0.2) is 24.3 Å². The highest BCUT2D eigenvalue weighted by Crippen LogP contribution is 1.95. The third-order valence-corrected chi connectivity index (χ3v) is 1.27. The Labute approximate surface area is 65.7 Å². The van der Waals surface area contributed by atoms with Crippen LogP contribution in [0.3, 0.4) is 0 Å². The van der Waals surface area contributed by atoms with Crippen molar-refractivity contribution in [3.8, 4) is 0 Å². The van der Waals surface area contributed by atoms with Gasteiger partial charge in [-0.25, -0.2) is 0 Å². The standard InChI is InChI=1S/C8H10N3/c9-8(10)11-6-7-4-2-1-3-5-7/h2-5H,6H2,(H4,9,10,11). The smallest absolute Gasteiger partial charge is 0.185 e. The summed E-state index contributed by atoms with van der Waals surface area (Å²) in [6, 6.07) is 10.4. The van der Waals surface area contributed by atoms with Gasteiger partial charge in [-0.05, 0) is 11.6 Å². The average Bonchev–Trinajstić information content (AvgIpc) is 2.03. The number of benzene rings is 1. The van der Waals surface area contributed by atoms with Crippen LogP contribution in [-0.2, 0) is 6.54 Å². The predicted molar refractivity (Wildman–Crippen MR) is 44.0 cm³/mol. The van der Waals surface area contributed by atoms with Gasteiger partial charge in [0.15, 0.2) is 5.96 Å². The quantitative estimate of drug-likeness (QED) is 0.421. The van der Waals surface area contributed by atoms with Crippen molar-refractivity contribution < 1.29 is 0 Å². The van der Waals surface area contributed by atoms with Crippen LogP contribution in [0.2, 0.25) is 0 Å². The fourth-order valence-electron chi connectivity index (χ4n) is 0.737. The molecular formula is C8H10N3. The Morgan fingerprint density at radius 2 is 2.18 bits per heavy atom. The Bertz CT molecular complexity index is 230. The Kier molecular flexibility index (Phi) is 2.49. The molecule has 0 bridgehead atoms. The highest BCUT2D eigenvalue weighted by atomic mass is 15.0. The van der Waals surface area contributed by atoms with Gasteiger partial charge in [0, 0.05) is 6.54 Å². The monoisotopic (exact) mass is 148 g/mol. The van der Waals surface area contributed by atoms with E-state index in [2.05, 4.69) is 11.4 Å². The lowest BCUT2D eigenvalue weighted by molar-refractivity contribution is 0.897. The van der Waals surface area contributed by atoms with Crippen LogP contribution < -0.4 is 11.1 Å². The molecule has 0 spiro atoms. The van der Waals surface area contributed by atoms with Crippen LogP contribution >= 0.6 is 0 Å². The van der Waals surface area contributed by atoms with Crippen LogP contribution in [-0.4, -0.2) is 5.96 Å². The molecule has 4 N–H and O–H groups in total. The van der Waals surface area contributed by atoms with E-state index in [1.807, 2.05) is 24.3 Å². The minimum absolute atomic E-state index is 0.00201. The largest absolute Gasteiger partial charge is 0.370 e. The van der Waals surface area contributed by atoms with Crippen molar-refractivity contribution in [1.82, 2.24) is 5.32 Å². The van der Waals surface area contributed by atoms with E-state index in [0.717, 1.165) is 5.56 Å². The zero-order valence-electron chi connectivity index (χ0n) is 6.09. The van der Waals surface area contributed by atoms with Crippen molar-refractivity contribution in [3.05, 3.63) is 35.9 Å². The molecule has 0 aromatic heterocycles. The van der Waals surface area contributed by atoms with Gasteiger partial charge in [-0.15, -0.1) is 0 Å². The molecule has 0 heterocycles. The maximum atomic E-state index is 6.90. The van der Waals surface area contributed by atoms with Crippen molar-refractivity contribution >= 4 is 5.96 Å². The number of hydrogen-bond acceptors (Lipinski definition) is 1. The maximum absolute atomic E-state index is 6.90. The summed E-state index contributed by atoms with van der Waals surface area (Å²) in [4.78, 5) is 0. The summed E-state index contributed by atoms with van der Waals surface area (Å²) in [5, 5.41) is 9.61. The van der Waals surface area contributed by atoms with Gasteiger partial charge in [-0.3, -0.25) is 5.41 Å². The summed E-state index contributed by atoms with van der Waals surface area (Å²) in [6.45, 7) is 0.601. The topological polar surface area (TPSA) is 61.9 Å².